The zero-order valence-corrected chi connectivity index (χ0v) is 17.7. The number of benzene rings is 1. The fourth-order valence-electron chi connectivity index (χ4n) is 3.59. The summed E-state index contributed by atoms with van der Waals surface area (Å²) in [6, 6.07) is 9.95. The van der Waals surface area contributed by atoms with Crippen LogP contribution in [0.15, 0.2) is 43.0 Å². The topological polar surface area (TPSA) is 59.6 Å². The number of carbonyl (C=O) groups is 1. The van der Waals surface area contributed by atoms with Gasteiger partial charge in [0, 0.05) is 12.6 Å². The van der Waals surface area contributed by atoms with Gasteiger partial charge >= 0.3 is 6.09 Å². The summed E-state index contributed by atoms with van der Waals surface area (Å²) in [4.78, 5) is 12.0. The van der Waals surface area contributed by atoms with Crippen molar-refractivity contribution in [1.82, 2.24) is 10.6 Å². The molecular formula is C24H38N2O3. The first kappa shape index (κ1) is 23.4. The molecule has 2 N–H and O–H groups in total. The highest BCUT2D eigenvalue weighted by Crippen LogP contribution is 2.21. The Bertz CT molecular complexity index is 557. The molecule has 162 valence electrons. The molecule has 0 heterocycles. The molecule has 0 saturated heterocycles. The lowest BCUT2D eigenvalue weighted by Crippen LogP contribution is -2.39. The van der Waals surface area contributed by atoms with E-state index in [0.29, 0.717) is 12.7 Å². The number of ether oxygens (including phenoxy) is 2. The smallest absolute Gasteiger partial charge is 0.407 e. The maximum atomic E-state index is 12.0. The van der Waals surface area contributed by atoms with E-state index in [2.05, 4.69) is 17.2 Å². The van der Waals surface area contributed by atoms with Crippen LogP contribution >= 0.6 is 0 Å². The molecule has 1 aliphatic carbocycles. The summed E-state index contributed by atoms with van der Waals surface area (Å²) >= 11 is 0. The molecule has 0 unspecified atom stereocenters. The van der Waals surface area contributed by atoms with Crippen LogP contribution in [0.5, 0.6) is 0 Å². The highest BCUT2D eigenvalue weighted by Gasteiger charge is 2.23. The summed E-state index contributed by atoms with van der Waals surface area (Å²) in [6.07, 6.45) is 11.8. The van der Waals surface area contributed by atoms with Gasteiger partial charge in [-0.3, -0.25) is 0 Å². The number of rotatable bonds is 14. The average molecular weight is 403 g/mol. The molecule has 0 radical (unpaired) electrons. The molecule has 1 aromatic rings. The lowest BCUT2D eigenvalue weighted by molar-refractivity contribution is 0.0200. The van der Waals surface area contributed by atoms with E-state index in [-0.39, 0.29) is 12.1 Å². The van der Waals surface area contributed by atoms with Gasteiger partial charge in [-0.05, 0) is 63.6 Å². The van der Waals surface area contributed by atoms with Crippen molar-refractivity contribution in [1.29, 1.82) is 0 Å². The highest BCUT2D eigenvalue weighted by molar-refractivity contribution is 5.67. The second kappa shape index (κ2) is 15.1. The SMILES string of the molecule is C=CCCNCCCCCCOC1CCC(NC(=O)OCc2ccccc2)CC1. The largest absolute Gasteiger partial charge is 0.445 e. The van der Waals surface area contributed by atoms with Crippen LogP contribution in [0.2, 0.25) is 0 Å². The monoisotopic (exact) mass is 402 g/mol. The van der Waals surface area contributed by atoms with E-state index in [4.69, 9.17) is 9.47 Å². The van der Waals surface area contributed by atoms with Crippen LogP contribution in [0.1, 0.15) is 63.4 Å². The maximum absolute atomic E-state index is 12.0. The molecular weight excluding hydrogens is 364 g/mol. The number of alkyl carbamates (subject to hydrolysis) is 1. The standard InChI is InChI=1S/C24H38N2O3/c1-2-3-17-25-18-9-4-5-10-19-28-23-15-13-22(14-16-23)26-24(27)29-20-21-11-7-6-8-12-21/h2,6-8,11-12,22-23,25H,1,3-5,9-10,13-20H2,(H,26,27). The van der Waals surface area contributed by atoms with E-state index in [1.807, 2.05) is 36.4 Å². The number of carbonyl (C=O) groups excluding carboxylic acids is 1. The fourth-order valence-corrected chi connectivity index (χ4v) is 3.59. The Balaban J connectivity index is 1.43. The molecule has 0 bridgehead atoms. The van der Waals surface area contributed by atoms with Crippen LogP contribution in [0.4, 0.5) is 4.79 Å². The second-order valence-corrected chi connectivity index (χ2v) is 7.79. The molecule has 0 spiro atoms. The van der Waals surface area contributed by atoms with E-state index in [1.54, 1.807) is 0 Å². The van der Waals surface area contributed by atoms with Crippen molar-refractivity contribution in [3.05, 3.63) is 48.6 Å². The fraction of sp³-hybridized carbons (Fsp3) is 0.625. The zero-order valence-electron chi connectivity index (χ0n) is 17.7. The molecule has 1 amide bonds. The minimum atomic E-state index is -0.322. The van der Waals surface area contributed by atoms with Crippen molar-refractivity contribution in [2.75, 3.05) is 19.7 Å². The first-order valence-corrected chi connectivity index (χ1v) is 11.2. The Labute approximate surface area is 176 Å². The highest BCUT2D eigenvalue weighted by atomic mass is 16.5. The van der Waals surface area contributed by atoms with Crippen molar-refractivity contribution in [3.63, 3.8) is 0 Å². The molecule has 5 heteroatoms. The van der Waals surface area contributed by atoms with Crippen molar-refractivity contribution in [3.8, 4) is 0 Å². The van der Waals surface area contributed by atoms with Gasteiger partial charge in [0.2, 0.25) is 0 Å². The molecule has 29 heavy (non-hydrogen) atoms. The van der Waals surface area contributed by atoms with Gasteiger partial charge in [0.05, 0.1) is 6.10 Å². The predicted molar refractivity (Wildman–Crippen MR) is 118 cm³/mol. The van der Waals surface area contributed by atoms with Gasteiger partial charge in [0.1, 0.15) is 6.61 Å². The third-order valence-electron chi connectivity index (χ3n) is 5.34. The Morgan fingerprint density at radius 1 is 1.03 bits per heavy atom. The predicted octanol–water partition coefficient (Wildman–Crippen LogP) is 4.97. The minimum absolute atomic E-state index is 0.201. The van der Waals surface area contributed by atoms with Crippen molar-refractivity contribution in [2.45, 2.75) is 76.5 Å². The zero-order chi connectivity index (χ0) is 20.6. The summed E-state index contributed by atoms with van der Waals surface area (Å²) in [5, 5.41) is 6.41. The van der Waals surface area contributed by atoms with Crippen molar-refractivity contribution >= 4 is 6.09 Å². The van der Waals surface area contributed by atoms with E-state index in [1.165, 1.54) is 19.3 Å². The van der Waals surface area contributed by atoms with Crippen LogP contribution in [-0.2, 0) is 16.1 Å². The van der Waals surface area contributed by atoms with Gasteiger partial charge < -0.3 is 20.1 Å². The lowest BCUT2D eigenvalue weighted by Gasteiger charge is -2.29. The van der Waals surface area contributed by atoms with Crippen LogP contribution in [-0.4, -0.2) is 37.9 Å². The van der Waals surface area contributed by atoms with Gasteiger partial charge in [0.25, 0.3) is 0 Å². The minimum Gasteiger partial charge on any atom is -0.445 e. The summed E-state index contributed by atoms with van der Waals surface area (Å²) < 4.78 is 11.3. The summed E-state index contributed by atoms with van der Waals surface area (Å²) in [6.45, 7) is 7.03. The first-order chi connectivity index (χ1) is 14.3. The second-order valence-electron chi connectivity index (χ2n) is 7.79. The van der Waals surface area contributed by atoms with Crippen molar-refractivity contribution < 1.29 is 14.3 Å². The molecule has 2 rings (SSSR count). The van der Waals surface area contributed by atoms with E-state index >= 15 is 0 Å². The summed E-state index contributed by atoms with van der Waals surface area (Å²) in [5.41, 5.74) is 1.00. The number of nitrogens with one attached hydrogen (secondary N) is 2. The molecule has 1 fully saturated rings. The quantitative estimate of drug-likeness (QED) is 0.341. The van der Waals surface area contributed by atoms with Gasteiger partial charge in [-0.2, -0.15) is 0 Å². The van der Waals surface area contributed by atoms with E-state index in [9.17, 15) is 4.79 Å². The van der Waals surface area contributed by atoms with Crippen molar-refractivity contribution in [2.24, 2.45) is 0 Å². The van der Waals surface area contributed by atoms with E-state index in [0.717, 1.165) is 63.8 Å². The summed E-state index contributed by atoms with van der Waals surface area (Å²) in [5.74, 6) is 0. The van der Waals surface area contributed by atoms with Gasteiger partial charge in [-0.1, -0.05) is 49.2 Å². The van der Waals surface area contributed by atoms with E-state index < -0.39 is 0 Å². The Kier molecular flexibility index (Phi) is 12.2. The number of hydrogen-bond acceptors (Lipinski definition) is 4. The Morgan fingerprint density at radius 3 is 2.55 bits per heavy atom. The number of hydrogen-bond donors (Lipinski definition) is 2. The summed E-state index contributed by atoms with van der Waals surface area (Å²) in [7, 11) is 0. The third-order valence-corrected chi connectivity index (χ3v) is 5.34. The number of amides is 1. The molecule has 1 saturated carbocycles. The van der Waals surface area contributed by atoms with Crippen LogP contribution in [0.3, 0.4) is 0 Å². The van der Waals surface area contributed by atoms with Crippen LogP contribution in [0.25, 0.3) is 0 Å². The normalized spacial score (nSPS) is 18.9. The molecule has 5 nitrogen and oxygen atoms in total. The van der Waals surface area contributed by atoms with Gasteiger partial charge in [-0.25, -0.2) is 4.79 Å². The maximum Gasteiger partial charge on any atom is 0.407 e. The molecule has 0 aliphatic heterocycles. The molecule has 0 aromatic heterocycles. The number of unbranched alkanes of at least 4 members (excludes halogenated alkanes) is 3. The first-order valence-electron chi connectivity index (χ1n) is 11.2. The van der Waals surface area contributed by atoms with Crippen LogP contribution < -0.4 is 10.6 Å². The molecule has 1 aliphatic rings. The van der Waals surface area contributed by atoms with Gasteiger partial charge in [0.15, 0.2) is 0 Å². The lowest BCUT2D eigenvalue weighted by atomic mass is 9.93. The molecule has 1 aromatic carbocycles. The molecule has 0 atom stereocenters. The Morgan fingerprint density at radius 2 is 1.79 bits per heavy atom. The van der Waals surface area contributed by atoms with Crippen LogP contribution in [0, 0.1) is 0 Å². The van der Waals surface area contributed by atoms with Gasteiger partial charge in [-0.15, -0.1) is 6.58 Å². The average Bonchev–Trinajstić information content (AvgIpc) is 2.75. The third kappa shape index (κ3) is 11.1. The Hall–Kier alpha value is -1.85.